The van der Waals surface area contributed by atoms with Crippen LogP contribution in [0.4, 0.5) is 5.69 Å². The Labute approximate surface area is 224 Å². The lowest BCUT2D eigenvalue weighted by Gasteiger charge is -2.12. The van der Waals surface area contributed by atoms with Gasteiger partial charge in [0.05, 0.1) is 33.3 Å². The number of hydrogen-bond donors (Lipinski definition) is 0. The van der Waals surface area contributed by atoms with E-state index in [0.29, 0.717) is 37.4 Å². The van der Waals surface area contributed by atoms with Crippen LogP contribution in [0.15, 0.2) is 100 Å². The number of nitrogens with zero attached hydrogens (tertiary/aromatic N) is 4. The van der Waals surface area contributed by atoms with Crippen LogP contribution < -0.4 is 0 Å². The molecule has 0 amide bonds. The highest BCUT2D eigenvalue weighted by Gasteiger charge is 2.19. The first kappa shape index (κ1) is 24.0. The maximum absolute atomic E-state index is 12.0. The molecule has 6 nitrogen and oxygen atoms in total. The summed E-state index contributed by atoms with van der Waals surface area (Å²) in [5.41, 5.74) is 6.52. The number of aromatic nitrogens is 3. The van der Waals surface area contributed by atoms with Crippen LogP contribution in [-0.4, -0.2) is 19.9 Å². The molecular weight excluding hydrogens is 584 g/mol. The molecule has 0 atom stereocenters. The summed E-state index contributed by atoms with van der Waals surface area (Å²) in [6.07, 6.45) is 0. The Kier molecular flexibility index (Phi) is 6.71. The molecule has 5 aromatic rings. The summed E-state index contributed by atoms with van der Waals surface area (Å²) in [5.74, 6) is 0. The van der Waals surface area contributed by atoms with Crippen molar-refractivity contribution in [2.75, 3.05) is 0 Å². The molecule has 0 saturated heterocycles. The average molecular weight is 602 g/mol. The van der Waals surface area contributed by atoms with Gasteiger partial charge >= 0.3 is 0 Å². The number of pyridine rings is 3. The summed E-state index contributed by atoms with van der Waals surface area (Å²) in [5, 5.41) is 12.0. The van der Waals surface area contributed by atoms with E-state index in [1.165, 1.54) is 0 Å². The number of hydrogen-bond acceptors (Lipinski definition) is 5. The molecule has 0 aliphatic carbocycles. The first-order chi connectivity index (χ1) is 17.4. The normalized spacial score (nSPS) is 10.9. The Morgan fingerprint density at radius 3 is 2.17 bits per heavy atom. The first-order valence-electron chi connectivity index (χ1n) is 11.0. The fourth-order valence-corrected chi connectivity index (χ4v) is 4.64. The number of benzene rings is 2. The van der Waals surface area contributed by atoms with Crippen molar-refractivity contribution in [3.05, 3.63) is 116 Å². The molecule has 3 aromatic heterocycles. The third-order valence-corrected chi connectivity index (χ3v) is 6.60. The molecule has 0 fully saturated rings. The predicted octanol–water partition coefficient (Wildman–Crippen LogP) is 8.28. The maximum atomic E-state index is 12.0. The second kappa shape index (κ2) is 10.1. The van der Waals surface area contributed by atoms with Gasteiger partial charge in [0.15, 0.2) is 0 Å². The molecule has 0 saturated carbocycles. The summed E-state index contributed by atoms with van der Waals surface area (Å²) >= 11 is 6.88. The summed E-state index contributed by atoms with van der Waals surface area (Å²) in [6.45, 7) is 1.97. The molecule has 0 bridgehead atoms. The number of halogens is 2. The van der Waals surface area contributed by atoms with Crippen molar-refractivity contribution < 1.29 is 4.92 Å². The average Bonchev–Trinajstić information content (AvgIpc) is 2.90. The molecule has 176 valence electrons. The van der Waals surface area contributed by atoms with Crippen molar-refractivity contribution in [1.82, 2.24) is 15.0 Å². The quantitative estimate of drug-likeness (QED) is 0.115. The summed E-state index contributed by atoms with van der Waals surface area (Å²) in [7, 11) is 0. The molecule has 0 radical (unpaired) electrons. The third kappa shape index (κ3) is 4.96. The van der Waals surface area contributed by atoms with Gasteiger partial charge in [-0.1, -0.05) is 48.5 Å². The van der Waals surface area contributed by atoms with Crippen LogP contribution in [0.3, 0.4) is 0 Å². The van der Waals surface area contributed by atoms with Crippen LogP contribution >= 0.6 is 31.9 Å². The molecule has 0 aliphatic rings. The van der Waals surface area contributed by atoms with Crippen LogP contribution in [-0.2, 0) is 0 Å². The number of nitro groups is 1. The highest BCUT2D eigenvalue weighted by Crippen LogP contribution is 2.36. The van der Waals surface area contributed by atoms with E-state index in [9.17, 15) is 10.1 Å². The maximum Gasteiger partial charge on any atom is 0.277 e. The van der Waals surface area contributed by atoms with Crippen LogP contribution in [0.1, 0.15) is 5.56 Å². The molecule has 5 rings (SSSR count). The molecule has 2 aromatic carbocycles. The summed E-state index contributed by atoms with van der Waals surface area (Å²) in [6, 6.07) is 27.9. The summed E-state index contributed by atoms with van der Waals surface area (Å²) < 4.78 is 1.38. The van der Waals surface area contributed by atoms with E-state index >= 15 is 0 Å². The third-order valence-electron chi connectivity index (χ3n) is 5.72. The van der Waals surface area contributed by atoms with Crippen molar-refractivity contribution in [3.8, 4) is 45.0 Å². The van der Waals surface area contributed by atoms with Crippen molar-refractivity contribution in [1.29, 1.82) is 0 Å². The highest BCUT2D eigenvalue weighted by molar-refractivity contribution is 9.10. The zero-order valence-corrected chi connectivity index (χ0v) is 22.2. The van der Waals surface area contributed by atoms with E-state index < -0.39 is 0 Å². The van der Waals surface area contributed by atoms with E-state index in [4.69, 9.17) is 4.98 Å². The lowest BCUT2D eigenvalue weighted by molar-refractivity contribution is -0.384. The van der Waals surface area contributed by atoms with Gasteiger partial charge in [-0.3, -0.25) is 10.1 Å². The Morgan fingerprint density at radius 1 is 0.667 bits per heavy atom. The number of aryl methyl sites for hydroxylation is 1. The van der Waals surface area contributed by atoms with E-state index in [2.05, 4.69) is 41.8 Å². The van der Waals surface area contributed by atoms with Gasteiger partial charge in [-0.2, -0.15) is 0 Å². The Bertz CT molecular complexity index is 1610. The minimum atomic E-state index is -0.343. The fraction of sp³-hybridized carbons (Fsp3) is 0.0357. The minimum Gasteiger partial charge on any atom is -0.258 e. The van der Waals surface area contributed by atoms with Gasteiger partial charge in [0.2, 0.25) is 0 Å². The van der Waals surface area contributed by atoms with Crippen molar-refractivity contribution in [2.45, 2.75) is 6.92 Å². The van der Waals surface area contributed by atoms with Gasteiger partial charge in [0.1, 0.15) is 9.21 Å². The van der Waals surface area contributed by atoms with Gasteiger partial charge in [0.25, 0.3) is 5.69 Å². The van der Waals surface area contributed by atoms with Crippen LogP contribution in [0.25, 0.3) is 45.0 Å². The van der Waals surface area contributed by atoms with Gasteiger partial charge in [-0.05, 0) is 97.4 Å². The molecule has 0 unspecified atom stereocenters. The van der Waals surface area contributed by atoms with E-state index in [-0.39, 0.29) is 10.6 Å². The Hall–Kier alpha value is -3.75. The second-order valence-electron chi connectivity index (χ2n) is 8.13. The predicted molar refractivity (Wildman–Crippen MR) is 148 cm³/mol. The zero-order chi connectivity index (χ0) is 25.2. The molecular formula is C28H18Br2N4O2. The standard InChI is InChI=1S/C28H18Br2N4O2/c1-17-10-13-27(30)33-28(17)24-15-20(14-23(31-24)22-8-5-9-26(29)32-22)19-11-12-21(25(16-19)34(35)36)18-6-3-2-4-7-18/h2-16H,1H3. The number of rotatable bonds is 5. The Balaban J connectivity index is 1.72. The first-order valence-corrected chi connectivity index (χ1v) is 12.6. The lowest BCUT2D eigenvalue weighted by atomic mass is 9.97. The minimum absolute atomic E-state index is 0.0379. The van der Waals surface area contributed by atoms with Crippen LogP contribution in [0.2, 0.25) is 0 Å². The summed E-state index contributed by atoms with van der Waals surface area (Å²) in [4.78, 5) is 25.8. The van der Waals surface area contributed by atoms with Crippen molar-refractivity contribution in [2.24, 2.45) is 0 Å². The van der Waals surface area contributed by atoms with Gasteiger partial charge in [-0.25, -0.2) is 15.0 Å². The monoisotopic (exact) mass is 600 g/mol. The number of nitro benzene ring substituents is 1. The van der Waals surface area contributed by atoms with Gasteiger partial charge in [0, 0.05) is 6.07 Å². The molecule has 36 heavy (non-hydrogen) atoms. The molecule has 8 heteroatoms. The molecule has 0 N–H and O–H groups in total. The largest absolute Gasteiger partial charge is 0.277 e. The van der Waals surface area contributed by atoms with Crippen molar-refractivity contribution in [3.63, 3.8) is 0 Å². The Morgan fingerprint density at radius 2 is 1.42 bits per heavy atom. The fourth-order valence-electron chi connectivity index (χ4n) is 3.99. The van der Waals surface area contributed by atoms with Crippen LogP contribution in [0.5, 0.6) is 0 Å². The van der Waals surface area contributed by atoms with E-state index in [0.717, 1.165) is 22.4 Å². The van der Waals surface area contributed by atoms with Gasteiger partial charge in [-0.15, -0.1) is 0 Å². The van der Waals surface area contributed by atoms with Gasteiger partial charge < -0.3 is 0 Å². The molecule has 0 spiro atoms. The SMILES string of the molecule is Cc1ccc(Br)nc1-c1cc(-c2ccc(-c3ccccc3)c([N+](=O)[O-])c2)cc(-c2cccc(Br)n2)n1. The molecule has 3 heterocycles. The highest BCUT2D eigenvalue weighted by atomic mass is 79.9. The molecule has 0 aliphatic heterocycles. The van der Waals surface area contributed by atoms with Crippen LogP contribution in [0, 0.1) is 17.0 Å². The zero-order valence-electron chi connectivity index (χ0n) is 19.0. The van der Waals surface area contributed by atoms with E-state index in [1.54, 1.807) is 12.1 Å². The van der Waals surface area contributed by atoms with E-state index in [1.807, 2.05) is 85.8 Å². The topological polar surface area (TPSA) is 81.8 Å². The van der Waals surface area contributed by atoms with Crippen molar-refractivity contribution >= 4 is 37.5 Å². The smallest absolute Gasteiger partial charge is 0.258 e. The lowest BCUT2D eigenvalue weighted by Crippen LogP contribution is -1.97. The second-order valence-corrected chi connectivity index (χ2v) is 9.75.